The van der Waals surface area contributed by atoms with E-state index in [2.05, 4.69) is 5.32 Å². The highest BCUT2D eigenvalue weighted by Gasteiger charge is 2.39. The van der Waals surface area contributed by atoms with E-state index in [-0.39, 0.29) is 30.2 Å². The van der Waals surface area contributed by atoms with Gasteiger partial charge in [-0.2, -0.15) is 0 Å². The van der Waals surface area contributed by atoms with Gasteiger partial charge in [-0.25, -0.2) is 0 Å². The van der Waals surface area contributed by atoms with Crippen LogP contribution in [0.4, 0.5) is 5.69 Å². The summed E-state index contributed by atoms with van der Waals surface area (Å²) in [6.07, 6.45) is 0.0633. The number of hydrogen-bond acceptors (Lipinski definition) is 5. The highest BCUT2D eigenvalue weighted by atomic mass is 16.5. The maximum Gasteiger partial charge on any atom is 0.278 e. The van der Waals surface area contributed by atoms with Gasteiger partial charge in [-0.15, -0.1) is 0 Å². The Balaban J connectivity index is 1.67. The summed E-state index contributed by atoms with van der Waals surface area (Å²) in [7, 11) is 0. The third-order valence-electron chi connectivity index (χ3n) is 5.30. The molecule has 0 fully saturated rings. The fourth-order valence-corrected chi connectivity index (χ4v) is 3.79. The van der Waals surface area contributed by atoms with Crippen molar-refractivity contribution in [3.8, 4) is 11.5 Å². The van der Waals surface area contributed by atoms with Crippen LogP contribution in [-0.2, 0) is 16.1 Å². The van der Waals surface area contributed by atoms with Gasteiger partial charge in [-0.3, -0.25) is 14.5 Å². The molecule has 0 atom stereocenters. The zero-order valence-electron chi connectivity index (χ0n) is 19.6. The molecule has 0 unspecified atom stereocenters. The predicted octanol–water partition coefficient (Wildman–Crippen LogP) is 5.26. The molecule has 1 aliphatic heterocycles. The van der Waals surface area contributed by atoms with E-state index in [9.17, 15) is 9.59 Å². The van der Waals surface area contributed by atoms with Crippen molar-refractivity contribution in [3.05, 3.63) is 95.7 Å². The van der Waals surface area contributed by atoms with E-state index in [0.29, 0.717) is 29.2 Å². The second-order valence-corrected chi connectivity index (χ2v) is 8.21. The van der Waals surface area contributed by atoms with Crippen LogP contribution in [0.1, 0.15) is 31.9 Å². The van der Waals surface area contributed by atoms with E-state index >= 15 is 0 Å². The fourth-order valence-electron chi connectivity index (χ4n) is 3.79. The quantitative estimate of drug-likeness (QED) is 0.445. The lowest BCUT2D eigenvalue weighted by atomic mass is 10.0. The van der Waals surface area contributed by atoms with Crippen molar-refractivity contribution < 1.29 is 19.1 Å². The maximum absolute atomic E-state index is 13.5. The summed E-state index contributed by atoms with van der Waals surface area (Å²) < 4.78 is 11.2. The average Bonchev–Trinajstić information content (AvgIpc) is 3.06. The third-order valence-corrected chi connectivity index (χ3v) is 5.30. The van der Waals surface area contributed by atoms with Gasteiger partial charge in [-0.05, 0) is 68.3 Å². The molecule has 1 N–H and O–H groups in total. The fraction of sp³-hybridized carbons (Fsp3) is 0.214. The van der Waals surface area contributed by atoms with Crippen molar-refractivity contribution in [2.45, 2.75) is 33.4 Å². The first-order valence-corrected chi connectivity index (χ1v) is 11.4. The van der Waals surface area contributed by atoms with Crippen LogP contribution in [0, 0.1) is 0 Å². The minimum atomic E-state index is -0.361. The van der Waals surface area contributed by atoms with Crippen LogP contribution in [0.3, 0.4) is 0 Å². The topological polar surface area (TPSA) is 67.9 Å². The number of nitrogens with zero attached hydrogens (tertiary/aromatic N) is 1. The van der Waals surface area contributed by atoms with Gasteiger partial charge in [0.2, 0.25) is 0 Å². The van der Waals surface area contributed by atoms with E-state index in [4.69, 9.17) is 9.47 Å². The van der Waals surface area contributed by atoms with Crippen molar-refractivity contribution in [2.24, 2.45) is 0 Å². The molecule has 0 spiro atoms. The number of rotatable bonds is 9. The lowest BCUT2D eigenvalue weighted by Gasteiger charge is -2.15. The van der Waals surface area contributed by atoms with Crippen molar-refractivity contribution in [2.75, 3.05) is 11.9 Å². The lowest BCUT2D eigenvalue weighted by Crippen LogP contribution is -2.31. The SMILES string of the molecule is CCOc1ccc(C2=C(Nc3ccc(OC(C)C)cc3)C(=O)N(Cc3ccccc3)C2=O)cc1. The van der Waals surface area contributed by atoms with Crippen LogP contribution in [0.5, 0.6) is 11.5 Å². The van der Waals surface area contributed by atoms with E-state index in [1.807, 2.05) is 75.4 Å². The number of amides is 2. The van der Waals surface area contributed by atoms with Crippen LogP contribution in [0.15, 0.2) is 84.6 Å². The summed E-state index contributed by atoms with van der Waals surface area (Å²) in [6.45, 7) is 6.59. The Kier molecular flexibility index (Phi) is 6.97. The third kappa shape index (κ3) is 5.12. The average molecular weight is 457 g/mol. The number of anilines is 1. The molecule has 0 saturated heterocycles. The Morgan fingerprint density at radius 2 is 1.47 bits per heavy atom. The maximum atomic E-state index is 13.5. The van der Waals surface area contributed by atoms with Gasteiger partial charge in [0.05, 0.1) is 24.8 Å². The van der Waals surface area contributed by atoms with Crippen LogP contribution in [0.25, 0.3) is 5.57 Å². The zero-order valence-corrected chi connectivity index (χ0v) is 19.6. The molecule has 1 aliphatic rings. The highest BCUT2D eigenvalue weighted by molar-refractivity contribution is 6.36. The number of benzene rings is 3. The number of nitrogens with one attached hydrogen (secondary N) is 1. The summed E-state index contributed by atoms with van der Waals surface area (Å²) in [5, 5.41) is 3.19. The molecule has 0 radical (unpaired) electrons. The van der Waals surface area contributed by atoms with E-state index in [0.717, 1.165) is 11.3 Å². The summed E-state index contributed by atoms with van der Waals surface area (Å²) >= 11 is 0. The van der Waals surface area contributed by atoms with Gasteiger partial charge in [0.1, 0.15) is 17.2 Å². The Hall–Kier alpha value is -4.06. The molecule has 1 heterocycles. The normalized spacial score (nSPS) is 13.6. The Morgan fingerprint density at radius 3 is 2.09 bits per heavy atom. The lowest BCUT2D eigenvalue weighted by molar-refractivity contribution is -0.137. The van der Waals surface area contributed by atoms with Gasteiger partial charge in [0.15, 0.2) is 0 Å². The molecule has 6 nitrogen and oxygen atoms in total. The van der Waals surface area contributed by atoms with Gasteiger partial charge in [0.25, 0.3) is 11.8 Å². The summed E-state index contributed by atoms with van der Waals surface area (Å²) in [6, 6.07) is 24.0. The molecule has 174 valence electrons. The Morgan fingerprint density at radius 1 is 0.824 bits per heavy atom. The highest BCUT2D eigenvalue weighted by Crippen LogP contribution is 2.32. The molecule has 3 aromatic carbocycles. The monoisotopic (exact) mass is 456 g/mol. The zero-order chi connectivity index (χ0) is 24.1. The molecule has 34 heavy (non-hydrogen) atoms. The van der Waals surface area contributed by atoms with Crippen molar-refractivity contribution in [1.29, 1.82) is 0 Å². The van der Waals surface area contributed by atoms with Crippen LogP contribution >= 0.6 is 0 Å². The molecule has 0 bridgehead atoms. The molecule has 6 heteroatoms. The second kappa shape index (κ2) is 10.3. The van der Waals surface area contributed by atoms with Gasteiger partial charge in [-0.1, -0.05) is 42.5 Å². The Labute approximate surface area is 199 Å². The minimum absolute atomic E-state index is 0.0633. The van der Waals surface area contributed by atoms with Crippen molar-refractivity contribution >= 4 is 23.1 Å². The van der Waals surface area contributed by atoms with E-state index in [1.54, 1.807) is 24.3 Å². The summed E-state index contributed by atoms with van der Waals surface area (Å²) in [5.74, 6) is 0.751. The second-order valence-electron chi connectivity index (χ2n) is 8.21. The van der Waals surface area contributed by atoms with Gasteiger partial charge >= 0.3 is 0 Å². The summed E-state index contributed by atoms with van der Waals surface area (Å²) in [4.78, 5) is 28.2. The molecule has 4 rings (SSSR count). The standard InChI is InChI=1S/C28H28N2O4/c1-4-33-23-14-10-21(11-15-23)25-26(29-22-12-16-24(17-13-22)34-19(2)3)28(32)30(27(25)31)18-20-8-6-5-7-9-20/h5-17,19,29H,4,18H2,1-3H3. The van der Waals surface area contributed by atoms with Crippen LogP contribution in [0.2, 0.25) is 0 Å². The number of carbonyl (C=O) groups is 2. The van der Waals surface area contributed by atoms with Crippen molar-refractivity contribution in [3.63, 3.8) is 0 Å². The van der Waals surface area contributed by atoms with E-state index in [1.165, 1.54) is 4.90 Å². The number of hydrogen-bond donors (Lipinski definition) is 1. The number of carbonyl (C=O) groups excluding carboxylic acids is 2. The van der Waals surface area contributed by atoms with Crippen LogP contribution in [-0.4, -0.2) is 29.4 Å². The Bertz CT molecular complexity index is 1180. The number of ether oxygens (including phenoxy) is 2. The molecule has 0 aliphatic carbocycles. The molecule has 3 aromatic rings. The summed E-state index contributed by atoms with van der Waals surface area (Å²) in [5.41, 5.74) is 2.82. The van der Waals surface area contributed by atoms with Gasteiger partial charge in [0, 0.05) is 5.69 Å². The van der Waals surface area contributed by atoms with E-state index < -0.39 is 0 Å². The van der Waals surface area contributed by atoms with Gasteiger partial charge < -0.3 is 14.8 Å². The van der Waals surface area contributed by atoms with Crippen LogP contribution < -0.4 is 14.8 Å². The first kappa shape index (κ1) is 23.1. The smallest absolute Gasteiger partial charge is 0.278 e. The first-order valence-electron chi connectivity index (χ1n) is 11.4. The predicted molar refractivity (Wildman–Crippen MR) is 132 cm³/mol. The number of imide groups is 1. The largest absolute Gasteiger partial charge is 0.494 e. The minimum Gasteiger partial charge on any atom is -0.494 e. The molecule has 2 amide bonds. The first-order chi connectivity index (χ1) is 16.5. The molecular formula is C28H28N2O4. The van der Waals surface area contributed by atoms with Crippen molar-refractivity contribution in [1.82, 2.24) is 4.90 Å². The molecular weight excluding hydrogens is 428 g/mol. The molecule has 0 saturated carbocycles. The molecule has 0 aromatic heterocycles.